The minimum Gasteiger partial charge on any atom is -0.465 e. The van der Waals surface area contributed by atoms with E-state index in [-0.39, 0.29) is 17.3 Å². The predicted molar refractivity (Wildman–Crippen MR) is 64.0 cm³/mol. The first-order chi connectivity index (χ1) is 7.43. The zero-order chi connectivity index (χ0) is 12.0. The Hall–Kier alpha value is -0.530. The van der Waals surface area contributed by atoms with Crippen LogP contribution in [-0.2, 0) is 9.53 Å². The van der Waals surface area contributed by atoms with Crippen molar-refractivity contribution in [1.82, 2.24) is 0 Å². The van der Waals surface area contributed by atoms with Gasteiger partial charge >= 0.3 is 5.97 Å². The lowest BCUT2D eigenvalue weighted by Crippen LogP contribution is -2.37. The van der Waals surface area contributed by atoms with Crippen molar-refractivity contribution in [1.29, 1.82) is 0 Å². The van der Waals surface area contributed by atoms with Gasteiger partial charge in [0.25, 0.3) is 0 Å². The minimum absolute atomic E-state index is 0.0552. The Bertz CT molecular complexity index is 295. The first kappa shape index (κ1) is 11.9. The molecular weight excluding hydrogens is 200 g/mol. The molecule has 0 aromatic rings. The maximum atomic E-state index is 12.1. The predicted octanol–water partition coefficient (Wildman–Crippen LogP) is 3.40. The molecular formula is C14H24O2. The van der Waals surface area contributed by atoms with E-state index >= 15 is 0 Å². The van der Waals surface area contributed by atoms with Crippen LogP contribution in [0, 0.1) is 22.7 Å². The number of rotatable bonds is 3. The third kappa shape index (κ3) is 1.42. The molecule has 2 aliphatic carbocycles. The Morgan fingerprint density at radius 3 is 2.50 bits per heavy atom. The summed E-state index contributed by atoms with van der Waals surface area (Å²) in [4.78, 5) is 12.1. The molecule has 3 atom stereocenters. The molecule has 0 aliphatic heterocycles. The van der Waals surface area contributed by atoms with E-state index < -0.39 is 0 Å². The topological polar surface area (TPSA) is 26.3 Å². The fraction of sp³-hybridized carbons (Fsp3) is 0.929. The third-order valence-electron chi connectivity index (χ3n) is 5.53. The molecule has 92 valence electrons. The fourth-order valence-corrected chi connectivity index (χ4v) is 3.86. The Labute approximate surface area is 98.7 Å². The molecule has 2 saturated carbocycles. The van der Waals surface area contributed by atoms with Gasteiger partial charge in [0, 0.05) is 0 Å². The monoisotopic (exact) mass is 224 g/mol. The molecule has 0 heterocycles. The lowest BCUT2D eigenvalue weighted by molar-refractivity contribution is -0.154. The summed E-state index contributed by atoms with van der Waals surface area (Å²) < 4.78 is 5.35. The molecule has 16 heavy (non-hydrogen) atoms. The van der Waals surface area contributed by atoms with Gasteiger partial charge in [0.2, 0.25) is 0 Å². The van der Waals surface area contributed by atoms with Crippen LogP contribution in [0.5, 0.6) is 0 Å². The Kier molecular flexibility index (Phi) is 2.80. The zero-order valence-corrected chi connectivity index (χ0v) is 11.0. The van der Waals surface area contributed by atoms with Crippen LogP contribution in [0.15, 0.2) is 0 Å². The second kappa shape index (κ2) is 3.75. The summed E-state index contributed by atoms with van der Waals surface area (Å²) in [6, 6.07) is 0. The maximum Gasteiger partial charge on any atom is 0.309 e. The van der Waals surface area contributed by atoms with Crippen LogP contribution >= 0.6 is 0 Å². The summed E-state index contributed by atoms with van der Waals surface area (Å²) in [5.41, 5.74) is 0.478. The summed E-state index contributed by atoms with van der Waals surface area (Å²) in [7, 11) is 0. The lowest BCUT2D eigenvalue weighted by atomic mass is 9.67. The highest BCUT2D eigenvalue weighted by Crippen LogP contribution is 2.68. The van der Waals surface area contributed by atoms with E-state index in [1.54, 1.807) is 0 Å². The normalized spacial score (nSPS) is 40.0. The van der Waals surface area contributed by atoms with E-state index in [1.807, 2.05) is 6.92 Å². The SMILES string of the molecule is CCCOC(=O)C1CC2CCC1(C)C2(C)C. The van der Waals surface area contributed by atoms with Gasteiger partial charge in [0.15, 0.2) is 0 Å². The second-order valence-corrected chi connectivity index (χ2v) is 6.33. The number of hydrogen-bond donors (Lipinski definition) is 0. The van der Waals surface area contributed by atoms with Crippen molar-refractivity contribution >= 4 is 5.97 Å². The molecule has 0 radical (unpaired) electrons. The Morgan fingerprint density at radius 2 is 2.06 bits per heavy atom. The fourth-order valence-electron chi connectivity index (χ4n) is 3.86. The first-order valence-electron chi connectivity index (χ1n) is 6.60. The molecule has 2 nitrogen and oxygen atoms in total. The average molecular weight is 224 g/mol. The molecule has 0 aromatic heterocycles. The standard InChI is InChI=1S/C14H24O2/c1-5-8-16-12(15)11-9-10-6-7-14(11,4)13(10,2)3/h10-11H,5-9H2,1-4H3. The van der Waals surface area contributed by atoms with Gasteiger partial charge in [-0.3, -0.25) is 4.79 Å². The second-order valence-electron chi connectivity index (χ2n) is 6.33. The van der Waals surface area contributed by atoms with Gasteiger partial charge in [-0.25, -0.2) is 0 Å². The van der Waals surface area contributed by atoms with Crippen LogP contribution in [-0.4, -0.2) is 12.6 Å². The number of hydrogen-bond acceptors (Lipinski definition) is 2. The Balaban J connectivity index is 2.12. The van der Waals surface area contributed by atoms with Gasteiger partial charge in [-0.2, -0.15) is 0 Å². The largest absolute Gasteiger partial charge is 0.465 e. The number of fused-ring (bicyclic) bond motifs is 2. The summed E-state index contributed by atoms with van der Waals surface area (Å²) >= 11 is 0. The quantitative estimate of drug-likeness (QED) is 0.687. The van der Waals surface area contributed by atoms with Crippen molar-refractivity contribution in [3.8, 4) is 0 Å². The van der Waals surface area contributed by atoms with Gasteiger partial charge < -0.3 is 4.74 Å². The van der Waals surface area contributed by atoms with E-state index in [2.05, 4.69) is 20.8 Å². The van der Waals surface area contributed by atoms with Gasteiger partial charge in [-0.1, -0.05) is 27.7 Å². The first-order valence-corrected chi connectivity index (χ1v) is 6.60. The molecule has 2 fully saturated rings. The van der Waals surface area contributed by atoms with Crippen molar-refractivity contribution in [2.24, 2.45) is 22.7 Å². The molecule has 2 rings (SSSR count). The average Bonchev–Trinajstić information content (AvgIpc) is 2.57. The number of esters is 1. The third-order valence-corrected chi connectivity index (χ3v) is 5.53. The zero-order valence-electron chi connectivity index (χ0n) is 11.0. The summed E-state index contributed by atoms with van der Waals surface area (Å²) in [6.07, 6.45) is 4.45. The summed E-state index contributed by atoms with van der Waals surface area (Å²) in [5, 5.41) is 0. The Morgan fingerprint density at radius 1 is 1.38 bits per heavy atom. The molecule has 3 unspecified atom stereocenters. The molecule has 0 spiro atoms. The minimum atomic E-state index is 0.0552. The molecule has 0 saturated heterocycles. The van der Waals surface area contributed by atoms with Crippen LogP contribution in [0.2, 0.25) is 0 Å². The van der Waals surface area contributed by atoms with Crippen LogP contribution in [0.4, 0.5) is 0 Å². The van der Waals surface area contributed by atoms with Gasteiger partial charge in [-0.15, -0.1) is 0 Å². The van der Waals surface area contributed by atoms with Gasteiger partial charge in [0.1, 0.15) is 0 Å². The van der Waals surface area contributed by atoms with Gasteiger partial charge in [0.05, 0.1) is 12.5 Å². The van der Waals surface area contributed by atoms with Crippen LogP contribution in [0.3, 0.4) is 0 Å². The van der Waals surface area contributed by atoms with E-state index in [4.69, 9.17) is 4.74 Å². The molecule has 2 heteroatoms. The molecule has 0 aromatic carbocycles. The van der Waals surface area contributed by atoms with Crippen LogP contribution in [0.1, 0.15) is 53.4 Å². The smallest absolute Gasteiger partial charge is 0.309 e. The van der Waals surface area contributed by atoms with Crippen molar-refractivity contribution in [2.75, 3.05) is 6.61 Å². The highest BCUT2D eigenvalue weighted by molar-refractivity contribution is 5.74. The highest BCUT2D eigenvalue weighted by atomic mass is 16.5. The van der Waals surface area contributed by atoms with E-state index in [1.165, 1.54) is 12.8 Å². The number of ether oxygens (including phenoxy) is 1. The van der Waals surface area contributed by atoms with Crippen molar-refractivity contribution in [2.45, 2.75) is 53.4 Å². The van der Waals surface area contributed by atoms with E-state index in [0.29, 0.717) is 12.0 Å². The van der Waals surface area contributed by atoms with E-state index in [9.17, 15) is 4.79 Å². The maximum absolute atomic E-state index is 12.1. The van der Waals surface area contributed by atoms with Crippen LogP contribution < -0.4 is 0 Å². The summed E-state index contributed by atoms with van der Waals surface area (Å²) in [6.45, 7) is 9.57. The number of carbonyl (C=O) groups excluding carboxylic acids is 1. The van der Waals surface area contributed by atoms with Gasteiger partial charge in [-0.05, 0) is 42.4 Å². The highest BCUT2D eigenvalue weighted by Gasteiger charge is 2.63. The van der Waals surface area contributed by atoms with Crippen molar-refractivity contribution in [3.63, 3.8) is 0 Å². The molecule has 0 N–H and O–H groups in total. The molecule has 2 bridgehead atoms. The molecule has 2 aliphatic rings. The van der Waals surface area contributed by atoms with Crippen molar-refractivity contribution < 1.29 is 9.53 Å². The molecule has 0 amide bonds. The van der Waals surface area contributed by atoms with E-state index in [0.717, 1.165) is 18.8 Å². The summed E-state index contributed by atoms with van der Waals surface area (Å²) in [5.74, 6) is 0.920. The lowest BCUT2D eigenvalue weighted by Gasteiger charge is -2.38. The van der Waals surface area contributed by atoms with Crippen molar-refractivity contribution in [3.05, 3.63) is 0 Å². The van der Waals surface area contributed by atoms with Crippen LogP contribution in [0.25, 0.3) is 0 Å². The number of carbonyl (C=O) groups is 1.